The Hall–Kier alpha value is -0.380. The van der Waals surface area contributed by atoms with Crippen LogP contribution in [-0.4, -0.2) is 21.5 Å². The van der Waals surface area contributed by atoms with Crippen LogP contribution in [0.4, 0.5) is 0 Å². The third-order valence-corrected chi connectivity index (χ3v) is 4.80. The van der Waals surface area contributed by atoms with E-state index in [1.807, 2.05) is 0 Å². The third kappa shape index (κ3) is 2.84. The van der Waals surface area contributed by atoms with E-state index in [1.165, 1.54) is 13.2 Å². The van der Waals surface area contributed by atoms with Crippen molar-refractivity contribution in [3.63, 3.8) is 0 Å². The Bertz CT molecular complexity index is 543. The van der Waals surface area contributed by atoms with E-state index < -0.39 is 16.0 Å². The van der Waals surface area contributed by atoms with Crippen molar-refractivity contribution in [1.29, 1.82) is 0 Å². The van der Waals surface area contributed by atoms with Crippen LogP contribution in [0.5, 0.6) is 0 Å². The van der Waals surface area contributed by atoms with Gasteiger partial charge in [-0.15, -0.1) is 0 Å². The largest absolute Gasteiger partial charge is 0.465 e. The normalized spacial score (nSPS) is 11.2. The molecule has 0 aliphatic carbocycles. The molecule has 0 aliphatic rings. The molecule has 0 saturated carbocycles. The van der Waals surface area contributed by atoms with Crippen LogP contribution in [0.25, 0.3) is 0 Å². The molecule has 0 amide bonds. The van der Waals surface area contributed by atoms with Crippen molar-refractivity contribution < 1.29 is 17.9 Å². The number of benzene rings is 1. The van der Waals surface area contributed by atoms with Crippen LogP contribution < -0.4 is 5.14 Å². The molecule has 0 fully saturated rings. The molecule has 16 heavy (non-hydrogen) atoms. The van der Waals surface area contributed by atoms with Gasteiger partial charge in [0.25, 0.3) is 0 Å². The Kier molecular flexibility index (Phi) is 4.16. The van der Waals surface area contributed by atoms with Gasteiger partial charge in [-0.1, -0.05) is 11.6 Å². The molecule has 0 aromatic heterocycles. The molecular formula is C8H7ClINO4S. The highest BCUT2D eigenvalue weighted by Crippen LogP contribution is 2.27. The van der Waals surface area contributed by atoms with Gasteiger partial charge in [-0.3, -0.25) is 0 Å². The van der Waals surface area contributed by atoms with Gasteiger partial charge >= 0.3 is 5.97 Å². The highest BCUT2D eigenvalue weighted by molar-refractivity contribution is 14.1. The minimum atomic E-state index is -3.92. The number of methoxy groups -OCH3 is 1. The first-order chi connectivity index (χ1) is 7.27. The zero-order valence-electron chi connectivity index (χ0n) is 8.03. The average Bonchev–Trinajstić information content (AvgIpc) is 2.18. The first-order valence-corrected chi connectivity index (χ1v) is 6.88. The van der Waals surface area contributed by atoms with E-state index >= 15 is 0 Å². The van der Waals surface area contributed by atoms with E-state index in [4.69, 9.17) is 16.7 Å². The zero-order valence-corrected chi connectivity index (χ0v) is 11.8. The van der Waals surface area contributed by atoms with Crippen molar-refractivity contribution in [2.24, 2.45) is 5.14 Å². The topological polar surface area (TPSA) is 86.5 Å². The number of ether oxygens (including phenoxy) is 1. The van der Waals surface area contributed by atoms with Crippen LogP contribution in [0.15, 0.2) is 17.0 Å². The minimum absolute atomic E-state index is 0.0388. The molecular weight excluding hydrogens is 369 g/mol. The van der Waals surface area contributed by atoms with Crippen LogP contribution in [-0.2, 0) is 14.8 Å². The summed E-state index contributed by atoms with van der Waals surface area (Å²) in [5.74, 6) is -0.678. The van der Waals surface area contributed by atoms with Crippen LogP contribution >= 0.6 is 34.2 Å². The Morgan fingerprint density at radius 1 is 1.50 bits per heavy atom. The number of hydrogen-bond acceptors (Lipinski definition) is 4. The van der Waals surface area contributed by atoms with Gasteiger partial charge in [-0.25, -0.2) is 18.4 Å². The van der Waals surface area contributed by atoms with Gasteiger partial charge in [-0.2, -0.15) is 0 Å². The fourth-order valence-electron chi connectivity index (χ4n) is 1.01. The molecule has 5 nitrogen and oxygen atoms in total. The minimum Gasteiger partial charge on any atom is -0.465 e. The summed E-state index contributed by atoms with van der Waals surface area (Å²) >= 11 is 7.53. The SMILES string of the molecule is COC(=O)c1cc(Cl)c(I)c(S(N)(=O)=O)c1. The second-order valence-corrected chi connectivity index (χ2v) is 5.82. The number of carbonyl (C=O) groups excluding carboxylic acids is 1. The summed E-state index contributed by atoms with van der Waals surface area (Å²) < 4.78 is 27.2. The summed E-state index contributed by atoms with van der Waals surface area (Å²) in [5.41, 5.74) is 0.0388. The fourth-order valence-corrected chi connectivity index (χ4v) is 3.17. The predicted molar refractivity (Wildman–Crippen MR) is 66.9 cm³/mol. The quantitative estimate of drug-likeness (QED) is 0.625. The number of hydrogen-bond donors (Lipinski definition) is 1. The lowest BCUT2D eigenvalue weighted by Gasteiger charge is -2.06. The van der Waals surface area contributed by atoms with E-state index in [2.05, 4.69) is 4.74 Å². The standard InChI is InChI=1S/C8H7ClINO4S/c1-15-8(12)4-2-5(9)7(10)6(3-4)16(11,13)14/h2-3H,1H3,(H2,11,13,14). The summed E-state index contributed by atoms with van der Waals surface area (Å²) in [6.07, 6.45) is 0. The Labute approximate surface area is 111 Å². The van der Waals surface area contributed by atoms with Gasteiger partial charge in [0.2, 0.25) is 10.0 Å². The fraction of sp³-hybridized carbons (Fsp3) is 0.125. The molecule has 1 aromatic carbocycles. The first kappa shape index (κ1) is 13.7. The van der Waals surface area contributed by atoms with Gasteiger partial charge in [0.05, 0.1) is 26.2 Å². The molecule has 0 radical (unpaired) electrons. The van der Waals surface area contributed by atoms with E-state index in [0.717, 1.165) is 6.07 Å². The lowest BCUT2D eigenvalue weighted by Crippen LogP contribution is -2.15. The summed E-state index contributed by atoms with van der Waals surface area (Å²) in [7, 11) is -2.73. The number of nitrogens with two attached hydrogens (primary N) is 1. The average molecular weight is 376 g/mol. The number of primary sulfonamides is 1. The Morgan fingerprint density at radius 3 is 2.50 bits per heavy atom. The predicted octanol–water partition coefficient (Wildman–Crippen LogP) is 1.38. The molecule has 0 saturated heterocycles. The molecule has 1 aromatic rings. The molecule has 0 unspecified atom stereocenters. The number of halogens is 2. The van der Waals surface area contributed by atoms with Crippen molar-refractivity contribution in [2.75, 3.05) is 7.11 Å². The lowest BCUT2D eigenvalue weighted by atomic mass is 10.2. The molecule has 0 bridgehead atoms. The second-order valence-electron chi connectivity index (χ2n) is 2.81. The summed E-state index contributed by atoms with van der Waals surface area (Å²) in [6.45, 7) is 0. The van der Waals surface area contributed by atoms with Crippen LogP contribution in [0.2, 0.25) is 5.02 Å². The van der Waals surface area contributed by atoms with E-state index in [-0.39, 0.29) is 19.1 Å². The van der Waals surface area contributed by atoms with Crippen LogP contribution in [0, 0.1) is 3.57 Å². The van der Waals surface area contributed by atoms with Gasteiger partial charge < -0.3 is 4.74 Å². The van der Waals surface area contributed by atoms with Crippen molar-refractivity contribution in [1.82, 2.24) is 0 Å². The van der Waals surface area contributed by atoms with E-state index in [0.29, 0.717) is 0 Å². The molecule has 2 N–H and O–H groups in total. The van der Waals surface area contributed by atoms with Gasteiger partial charge in [0.15, 0.2) is 0 Å². The number of esters is 1. The van der Waals surface area contributed by atoms with Crippen LogP contribution in [0.3, 0.4) is 0 Å². The van der Waals surface area contributed by atoms with Gasteiger partial charge in [-0.05, 0) is 34.7 Å². The second kappa shape index (κ2) is 4.86. The first-order valence-electron chi connectivity index (χ1n) is 3.87. The summed E-state index contributed by atoms with van der Waals surface area (Å²) in [4.78, 5) is 11.0. The zero-order chi connectivity index (χ0) is 12.5. The Balaban J connectivity index is 3.52. The summed E-state index contributed by atoms with van der Waals surface area (Å²) in [5, 5.41) is 5.13. The third-order valence-electron chi connectivity index (χ3n) is 1.72. The van der Waals surface area contributed by atoms with Crippen LogP contribution in [0.1, 0.15) is 10.4 Å². The van der Waals surface area contributed by atoms with Crippen molar-refractivity contribution in [3.05, 3.63) is 26.3 Å². The van der Waals surface area contributed by atoms with E-state index in [9.17, 15) is 13.2 Å². The number of sulfonamides is 1. The maximum atomic E-state index is 11.2. The smallest absolute Gasteiger partial charge is 0.337 e. The molecule has 0 spiro atoms. The van der Waals surface area contributed by atoms with E-state index in [1.54, 1.807) is 22.6 Å². The molecule has 0 heterocycles. The molecule has 0 aliphatic heterocycles. The maximum Gasteiger partial charge on any atom is 0.337 e. The highest BCUT2D eigenvalue weighted by Gasteiger charge is 2.19. The lowest BCUT2D eigenvalue weighted by molar-refractivity contribution is 0.0600. The highest BCUT2D eigenvalue weighted by atomic mass is 127. The van der Waals surface area contributed by atoms with Gasteiger partial charge in [0.1, 0.15) is 0 Å². The summed E-state index contributed by atoms with van der Waals surface area (Å²) in [6, 6.07) is 2.46. The van der Waals surface area contributed by atoms with Gasteiger partial charge in [0, 0.05) is 0 Å². The Morgan fingerprint density at radius 2 is 2.06 bits per heavy atom. The maximum absolute atomic E-state index is 11.2. The van der Waals surface area contributed by atoms with Crippen molar-refractivity contribution >= 4 is 50.2 Å². The van der Waals surface area contributed by atoms with Crippen molar-refractivity contribution in [2.45, 2.75) is 4.90 Å². The number of rotatable bonds is 2. The molecule has 0 atom stereocenters. The number of carbonyl (C=O) groups is 1. The molecule has 1 rings (SSSR count). The monoisotopic (exact) mass is 375 g/mol. The molecule has 8 heteroatoms. The molecule has 88 valence electrons. The van der Waals surface area contributed by atoms with Crippen molar-refractivity contribution in [3.8, 4) is 0 Å².